The number of rotatable bonds is 5. The molecule has 0 unspecified atom stereocenters. The van der Waals surface area contributed by atoms with E-state index in [9.17, 15) is 27.2 Å². The highest BCUT2D eigenvalue weighted by Crippen LogP contribution is 2.30. The normalized spacial score (nSPS) is 10.6. The molecule has 4 nitrogen and oxygen atoms in total. The molecule has 162 valence electrons. The van der Waals surface area contributed by atoms with Gasteiger partial charge in [0.1, 0.15) is 5.82 Å². The van der Waals surface area contributed by atoms with E-state index in [4.69, 9.17) is 5.73 Å². The van der Waals surface area contributed by atoms with E-state index in [1.54, 1.807) is 18.2 Å². The largest absolute Gasteiger partial charge is 0.416 e. The van der Waals surface area contributed by atoms with Crippen molar-refractivity contribution in [2.75, 3.05) is 6.54 Å². The van der Waals surface area contributed by atoms with E-state index in [2.05, 4.69) is 0 Å². The van der Waals surface area contributed by atoms with Crippen LogP contribution in [0.1, 0.15) is 21.5 Å². The number of hydrogen-bond donors (Lipinski definition) is 1. The molecule has 3 rings (SSSR count). The van der Waals surface area contributed by atoms with Gasteiger partial charge in [0.25, 0.3) is 5.91 Å². The number of nitrogens with two attached hydrogens (primary N) is 1. The number of amides is 2. The van der Waals surface area contributed by atoms with Crippen molar-refractivity contribution in [1.29, 1.82) is 0 Å². The third kappa shape index (κ3) is 7.58. The minimum Gasteiger partial charge on any atom is -0.368 e. The summed E-state index contributed by atoms with van der Waals surface area (Å²) in [6, 6.07) is 21.7. The molecule has 0 aliphatic carbocycles. The van der Waals surface area contributed by atoms with Crippen LogP contribution in [0.2, 0.25) is 0 Å². The van der Waals surface area contributed by atoms with Gasteiger partial charge in [-0.3, -0.25) is 9.59 Å². The first-order valence-electron chi connectivity index (χ1n) is 9.16. The van der Waals surface area contributed by atoms with Crippen LogP contribution in [0.25, 0.3) is 0 Å². The Morgan fingerprint density at radius 3 is 1.84 bits per heavy atom. The van der Waals surface area contributed by atoms with Gasteiger partial charge < -0.3 is 10.6 Å². The Bertz CT molecular complexity index is 967. The van der Waals surface area contributed by atoms with Crippen molar-refractivity contribution in [3.05, 3.63) is 107 Å². The lowest BCUT2D eigenvalue weighted by Crippen LogP contribution is -2.38. The summed E-state index contributed by atoms with van der Waals surface area (Å²) in [5, 5.41) is 0. The number of benzene rings is 3. The van der Waals surface area contributed by atoms with Crippen molar-refractivity contribution in [1.82, 2.24) is 4.90 Å². The van der Waals surface area contributed by atoms with Crippen molar-refractivity contribution < 1.29 is 27.2 Å². The Kier molecular flexibility index (Phi) is 8.31. The van der Waals surface area contributed by atoms with Gasteiger partial charge in [-0.15, -0.1) is 0 Å². The zero-order chi connectivity index (χ0) is 22.9. The van der Waals surface area contributed by atoms with E-state index in [0.717, 1.165) is 4.90 Å². The molecule has 0 fully saturated rings. The van der Waals surface area contributed by atoms with Crippen LogP contribution in [0.4, 0.5) is 17.6 Å². The highest BCUT2D eigenvalue weighted by atomic mass is 19.4. The molecule has 0 atom stereocenters. The van der Waals surface area contributed by atoms with Crippen molar-refractivity contribution in [3.63, 3.8) is 0 Å². The van der Waals surface area contributed by atoms with Crippen LogP contribution in [-0.4, -0.2) is 23.3 Å². The number of carbonyl (C=O) groups excluding carboxylic acids is 2. The second kappa shape index (κ2) is 10.9. The minimum absolute atomic E-state index is 0.205. The highest BCUT2D eigenvalue weighted by molar-refractivity contribution is 5.96. The second-order valence-electron chi connectivity index (χ2n) is 6.45. The highest BCUT2D eigenvalue weighted by Gasteiger charge is 2.31. The minimum atomic E-state index is -4.65. The lowest BCUT2D eigenvalue weighted by Gasteiger charge is -2.22. The lowest BCUT2D eigenvalue weighted by atomic mass is 10.1. The summed E-state index contributed by atoms with van der Waals surface area (Å²) >= 11 is 0. The molecule has 2 N–H and O–H groups in total. The summed E-state index contributed by atoms with van der Waals surface area (Å²) < 4.78 is 52.3. The fourth-order valence-corrected chi connectivity index (χ4v) is 2.61. The van der Waals surface area contributed by atoms with Crippen molar-refractivity contribution in [2.45, 2.75) is 12.7 Å². The number of halogens is 4. The molecule has 0 heterocycles. The Hall–Kier alpha value is -3.68. The van der Waals surface area contributed by atoms with E-state index in [0.29, 0.717) is 18.2 Å². The molecule has 0 saturated carbocycles. The molecule has 8 heteroatoms. The fraction of sp³-hybridized carbons (Fsp3) is 0.130. The van der Waals surface area contributed by atoms with Gasteiger partial charge in [-0.05, 0) is 30.3 Å². The Morgan fingerprint density at radius 2 is 1.35 bits per heavy atom. The summed E-state index contributed by atoms with van der Waals surface area (Å²) in [7, 11) is 0. The molecule has 0 aliphatic heterocycles. The van der Waals surface area contributed by atoms with Crippen LogP contribution >= 0.6 is 0 Å². The maximum atomic E-state index is 13.9. The predicted octanol–water partition coefficient (Wildman–Crippen LogP) is 4.66. The number of carbonyl (C=O) groups is 2. The molecule has 0 aliphatic rings. The van der Waals surface area contributed by atoms with Crippen LogP contribution in [0.15, 0.2) is 84.9 Å². The van der Waals surface area contributed by atoms with Crippen LogP contribution in [0.3, 0.4) is 0 Å². The van der Waals surface area contributed by atoms with Crippen molar-refractivity contribution in [3.8, 4) is 0 Å². The standard InChI is InChI=1S/C17H14F4N2O2.C6H6/c18-14-7-6-13(17(19,20)21)8-12(14)9-23(10-15(22)24)16(25)11-4-2-1-3-5-11;1-2-4-6-5-3-1/h1-8H,9-10H2,(H2,22,24);1-6H. The van der Waals surface area contributed by atoms with E-state index in [-0.39, 0.29) is 11.1 Å². The van der Waals surface area contributed by atoms with E-state index in [1.165, 1.54) is 12.1 Å². The van der Waals surface area contributed by atoms with E-state index < -0.39 is 42.5 Å². The SMILES string of the molecule is NC(=O)CN(Cc1cc(C(F)(F)F)ccc1F)C(=O)c1ccccc1.c1ccccc1. The van der Waals surface area contributed by atoms with E-state index >= 15 is 0 Å². The molecule has 0 spiro atoms. The fourth-order valence-electron chi connectivity index (χ4n) is 2.61. The van der Waals surface area contributed by atoms with Crippen LogP contribution in [-0.2, 0) is 17.5 Å². The van der Waals surface area contributed by atoms with Crippen LogP contribution in [0, 0.1) is 5.82 Å². The van der Waals surface area contributed by atoms with Gasteiger partial charge in [-0.2, -0.15) is 13.2 Å². The molecule has 0 radical (unpaired) electrons. The predicted molar refractivity (Wildman–Crippen MR) is 108 cm³/mol. The first kappa shape index (κ1) is 23.6. The monoisotopic (exact) mass is 432 g/mol. The number of hydrogen-bond acceptors (Lipinski definition) is 2. The van der Waals surface area contributed by atoms with Gasteiger partial charge in [0.05, 0.1) is 12.1 Å². The third-order valence-corrected chi connectivity index (χ3v) is 4.06. The summed E-state index contributed by atoms with van der Waals surface area (Å²) in [4.78, 5) is 24.6. The molecule has 31 heavy (non-hydrogen) atoms. The topological polar surface area (TPSA) is 63.4 Å². The molecule has 0 aromatic heterocycles. The van der Waals surface area contributed by atoms with Gasteiger partial charge in [-0.25, -0.2) is 4.39 Å². The van der Waals surface area contributed by atoms with Gasteiger partial charge in [-0.1, -0.05) is 54.6 Å². The molecule has 0 bridgehead atoms. The smallest absolute Gasteiger partial charge is 0.368 e. The molecule has 2 amide bonds. The maximum Gasteiger partial charge on any atom is 0.416 e. The summed E-state index contributed by atoms with van der Waals surface area (Å²) in [6.45, 7) is -1.07. The first-order chi connectivity index (χ1) is 14.7. The van der Waals surface area contributed by atoms with Crippen LogP contribution < -0.4 is 5.73 Å². The molecule has 3 aromatic carbocycles. The second-order valence-corrected chi connectivity index (χ2v) is 6.45. The summed E-state index contributed by atoms with van der Waals surface area (Å²) in [5.41, 5.74) is 3.89. The zero-order valence-corrected chi connectivity index (χ0v) is 16.4. The molecule has 3 aromatic rings. The van der Waals surface area contributed by atoms with Crippen LogP contribution in [0.5, 0.6) is 0 Å². The zero-order valence-electron chi connectivity index (χ0n) is 16.4. The first-order valence-corrected chi connectivity index (χ1v) is 9.16. The van der Waals surface area contributed by atoms with Crippen molar-refractivity contribution >= 4 is 11.8 Å². The summed E-state index contributed by atoms with van der Waals surface area (Å²) in [5.74, 6) is -2.42. The quantitative estimate of drug-likeness (QED) is 0.596. The maximum absolute atomic E-state index is 13.9. The van der Waals surface area contributed by atoms with Gasteiger partial charge in [0.2, 0.25) is 5.91 Å². The number of primary amides is 1. The molecule has 0 saturated heterocycles. The Labute approximate surface area is 176 Å². The van der Waals surface area contributed by atoms with Crippen molar-refractivity contribution in [2.24, 2.45) is 5.73 Å². The van der Waals surface area contributed by atoms with E-state index in [1.807, 2.05) is 36.4 Å². The average molecular weight is 432 g/mol. The number of alkyl halides is 3. The average Bonchev–Trinajstić information content (AvgIpc) is 2.75. The Balaban J connectivity index is 0.000000488. The van der Waals surface area contributed by atoms with Gasteiger partial charge in [0.15, 0.2) is 0 Å². The number of nitrogens with zero attached hydrogens (tertiary/aromatic N) is 1. The van der Waals surface area contributed by atoms with Gasteiger partial charge >= 0.3 is 6.18 Å². The molecular weight excluding hydrogens is 412 g/mol. The van der Waals surface area contributed by atoms with Gasteiger partial charge in [0, 0.05) is 17.7 Å². The molecular formula is C23H20F4N2O2. The third-order valence-electron chi connectivity index (χ3n) is 4.06. The summed E-state index contributed by atoms with van der Waals surface area (Å²) in [6.07, 6.45) is -4.65. The lowest BCUT2D eigenvalue weighted by molar-refractivity contribution is -0.137. The Morgan fingerprint density at radius 1 is 0.839 bits per heavy atom.